The number of rotatable bonds is 3. The summed E-state index contributed by atoms with van der Waals surface area (Å²) in [6.45, 7) is 3.38. The van der Waals surface area contributed by atoms with E-state index in [1.807, 2.05) is 55.3 Å². The lowest BCUT2D eigenvalue weighted by Gasteiger charge is -2.37. The van der Waals surface area contributed by atoms with Crippen molar-refractivity contribution in [2.24, 2.45) is 24.6 Å². The summed E-state index contributed by atoms with van der Waals surface area (Å²) in [6, 6.07) is 18.1. The number of hydrogen-bond acceptors (Lipinski definition) is 6. The highest BCUT2D eigenvalue weighted by Gasteiger charge is 2.42. The maximum atomic E-state index is 13.9. The Hall–Kier alpha value is -4.70. The number of aromatic nitrogens is 4. The van der Waals surface area contributed by atoms with E-state index in [0.29, 0.717) is 41.1 Å². The zero-order valence-corrected chi connectivity index (χ0v) is 28.4. The fourth-order valence-electron chi connectivity index (χ4n) is 9.05. The van der Waals surface area contributed by atoms with E-state index in [4.69, 9.17) is 20.4 Å². The number of piperidine rings is 1. The monoisotopic (exact) mass is 657 g/mol. The average Bonchev–Trinajstić information content (AvgIpc) is 3.42. The van der Waals surface area contributed by atoms with Crippen molar-refractivity contribution in [1.82, 2.24) is 29.3 Å². The molecule has 2 aliphatic heterocycles. The number of carbonyl (C=O) groups excluding carboxylic acids is 2. The number of benzene rings is 2. The summed E-state index contributed by atoms with van der Waals surface area (Å²) in [5.74, 6) is 2.85. The number of hydrogen-bond donors (Lipinski definition) is 2. The van der Waals surface area contributed by atoms with Gasteiger partial charge in [0.2, 0.25) is 0 Å². The van der Waals surface area contributed by atoms with Crippen LogP contribution in [0.5, 0.6) is 5.75 Å². The Labute approximate surface area is 285 Å². The third-order valence-corrected chi connectivity index (χ3v) is 11.8. The first-order valence-electron chi connectivity index (χ1n) is 17.8. The van der Waals surface area contributed by atoms with Gasteiger partial charge in [-0.2, -0.15) is 0 Å². The molecule has 0 spiro atoms. The van der Waals surface area contributed by atoms with E-state index in [0.717, 1.165) is 90.0 Å². The van der Waals surface area contributed by atoms with E-state index in [2.05, 4.69) is 32.7 Å². The minimum Gasteiger partial charge on any atom is -0.494 e. The molecule has 49 heavy (non-hydrogen) atoms. The predicted octanol–water partition coefficient (Wildman–Crippen LogP) is 5.94. The maximum Gasteiger partial charge on any atom is 0.254 e. The fourth-order valence-corrected chi connectivity index (χ4v) is 9.05. The molecule has 5 heterocycles. The molecule has 0 radical (unpaired) electrons. The molecule has 9 rings (SSSR count). The normalized spacial score (nSPS) is 26.4. The van der Waals surface area contributed by atoms with Crippen molar-refractivity contribution in [3.63, 3.8) is 0 Å². The lowest BCUT2D eigenvalue weighted by molar-refractivity contribution is 0.0603. The second kappa shape index (κ2) is 11.4. The van der Waals surface area contributed by atoms with Crippen molar-refractivity contribution in [2.45, 2.75) is 76.0 Å². The molecule has 2 saturated carbocycles. The van der Waals surface area contributed by atoms with Gasteiger partial charge in [0.25, 0.3) is 11.8 Å². The number of nitrogens with zero attached hydrogens (tertiary/aromatic N) is 5. The van der Waals surface area contributed by atoms with Crippen molar-refractivity contribution >= 4 is 33.9 Å². The molecular weight excluding hydrogens is 614 g/mol. The van der Waals surface area contributed by atoms with E-state index < -0.39 is 0 Å². The molecule has 3 fully saturated rings. The number of aryl methyl sites for hydroxylation is 2. The maximum absolute atomic E-state index is 13.9. The molecule has 2 aliphatic carbocycles. The van der Waals surface area contributed by atoms with E-state index in [-0.39, 0.29) is 29.9 Å². The molecule has 2 amide bonds. The van der Waals surface area contributed by atoms with Gasteiger partial charge in [-0.05, 0) is 105 Å². The molecule has 3 aromatic heterocycles. The number of nitrogens with one attached hydrogen (secondary N) is 1. The quantitative estimate of drug-likeness (QED) is 0.248. The minimum atomic E-state index is -0.268. The number of nitrogens with two attached hydrogens (primary N) is 1. The molecule has 3 N–H and O–H groups in total. The van der Waals surface area contributed by atoms with Gasteiger partial charge in [0, 0.05) is 48.7 Å². The van der Waals surface area contributed by atoms with Crippen molar-refractivity contribution in [2.75, 3.05) is 13.7 Å². The molecule has 0 unspecified atom stereocenters. The van der Waals surface area contributed by atoms with Crippen LogP contribution in [0.1, 0.15) is 89.4 Å². The molecule has 2 aromatic carbocycles. The zero-order chi connectivity index (χ0) is 33.6. The number of fused-ring (bicyclic) bond motifs is 7. The van der Waals surface area contributed by atoms with Gasteiger partial charge in [-0.25, -0.2) is 9.97 Å². The van der Waals surface area contributed by atoms with Gasteiger partial charge in [0.05, 0.1) is 30.1 Å². The Morgan fingerprint density at radius 1 is 1.02 bits per heavy atom. The van der Waals surface area contributed by atoms with Crippen molar-refractivity contribution in [3.05, 3.63) is 77.0 Å². The Bertz CT molecular complexity index is 2150. The fraction of sp³-hybridized carbons (Fsp3) is 0.436. The van der Waals surface area contributed by atoms with Crippen LogP contribution in [0.15, 0.2) is 54.6 Å². The zero-order valence-electron chi connectivity index (χ0n) is 28.4. The first kappa shape index (κ1) is 30.4. The van der Waals surface area contributed by atoms with Gasteiger partial charge in [-0.1, -0.05) is 18.2 Å². The minimum absolute atomic E-state index is 0.00517. The number of pyridine rings is 1. The van der Waals surface area contributed by atoms with Crippen LogP contribution in [0.2, 0.25) is 0 Å². The van der Waals surface area contributed by atoms with Crippen LogP contribution in [0.25, 0.3) is 33.6 Å². The Morgan fingerprint density at radius 3 is 2.73 bits per heavy atom. The largest absolute Gasteiger partial charge is 0.494 e. The average molecular weight is 658 g/mol. The second-order valence-corrected chi connectivity index (χ2v) is 14.7. The van der Waals surface area contributed by atoms with Crippen LogP contribution >= 0.6 is 0 Å². The Balaban J connectivity index is 1.12. The summed E-state index contributed by atoms with van der Waals surface area (Å²) < 4.78 is 10.3. The van der Waals surface area contributed by atoms with Crippen LogP contribution < -0.4 is 15.8 Å². The topological polar surface area (TPSA) is 120 Å². The van der Waals surface area contributed by atoms with E-state index in [9.17, 15) is 9.59 Å². The van der Waals surface area contributed by atoms with Gasteiger partial charge < -0.3 is 29.8 Å². The van der Waals surface area contributed by atoms with Gasteiger partial charge in [0.1, 0.15) is 16.9 Å². The molecule has 5 aromatic rings. The SMILES string of the molecule is COc1cc(C(=O)N2C[C@H](N)[C@@H]3CC[C@H]2C3)cc2nc(-c3cc4ccc5nc4n3CCC[C@H]3C[C@@H]3c3ccccc3C(=O)N[C@@H]5C)n(C)c12. The summed E-state index contributed by atoms with van der Waals surface area (Å²) in [7, 11) is 3.66. The summed E-state index contributed by atoms with van der Waals surface area (Å²) >= 11 is 0. The summed E-state index contributed by atoms with van der Waals surface area (Å²) in [6.07, 6.45) is 6.25. The number of likely N-dealkylation sites (tertiary alicyclic amines) is 1. The van der Waals surface area contributed by atoms with Crippen LogP contribution in [-0.2, 0) is 13.6 Å². The third kappa shape index (κ3) is 4.94. The van der Waals surface area contributed by atoms with E-state index >= 15 is 0 Å². The molecule has 4 aliphatic rings. The highest BCUT2D eigenvalue weighted by molar-refractivity contribution is 6.00. The highest BCUT2D eigenvalue weighted by atomic mass is 16.5. The first-order chi connectivity index (χ1) is 23.8. The van der Waals surface area contributed by atoms with Crippen molar-refractivity contribution < 1.29 is 14.3 Å². The summed E-state index contributed by atoms with van der Waals surface area (Å²) in [4.78, 5) is 39.7. The molecule has 10 nitrogen and oxygen atoms in total. The van der Waals surface area contributed by atoms with Crippen LogP contribution in [0, 0.1) is 11.8 Å². The second-order valence-electron chi connectivity index (χ2n) is 14.7. The van der Waals surface area contributed by atoms with Crippen LogP contribution in [-0.4, -0.2) is 61.6 Å². The Kier molecular flexibility index (Phi) is 7.09. The van der Waals surface area contributed by atoms with Crippen LogP contribution in [0.4, 0.5) is 0 Å². The third-order valence-electron chi connectivity index (χ3n) is 11.8. The number of ether oxygens (including phenoxy) is 1. The lowest BCUT2D eigenvalue weighted by Crippen LogP contribution is -2.51. The highest BCUT2D eigenvalue weighted by Crippen LogP contribution is 2.51. The van der Waals surface area contributed by atoms with Crippen molar-refractivity contribution in [3.8, 4) is 17.3 Å². The molecule has 4 bridgehead atoms. The van der Waals surface area contributed by atoms with E-state index in [1.54, 1.807) is 7.11 Å². The first-order valence-corrected chi connectivity index (χ1v) is 17.8. The number of methoxy groups -OCH3 is 1. The number of imidazole rings is 1. The number of carbonyl (C=O) groups is 2. The molecule has 10 heteroatoms. The summed E-state index contributed by atoms with van der Waals surface area (Å²) in [5.41, 5.74) is 13.2. The molecule has 6 atom stereocenters. The predicted molar refractivity (Wildman–Crippen MR) is 189 cm³/mol. The molecular formula is C39H43N7O3. The molecule has 1 saturated heterocycles. The summed E-state index contributed by atoms with van der Waals surface area (Å²) in [5, 5.41) is 4.24. The van der Waals surface area contributed by atoms with Gasteiger partial charge in [-0.15, -0.1) is 0 Å². The van der Waals surface area contributed by atoms with Gasteiger partial charge in [-0.3, -0.25) is 9.59 Å². The standard InChI is InChI=1S/C39H43N7O3/c1-21-31-13-11-24-18-33(45(36(24)42-31)14-6-7-22-16-29(22)27-8-4-5-9-28(27)38(47)41-21)37-43-32-17-25(19-34(49-3)35(32)44(37)2)39(48)46-20-30(40)23-10-12-26(46)15-23/h4-5,8-9,11,13,17-19,21-23,26,29-30H,6-7,10,12,14-16,20,40H2,1-3H3,(H,41,47)/t21-,22+,23-,26+,29+,30+/m1/s1. The van der Waals surface area contributed by atoms with Gasteiger partial charge in [0.15, 0.2) is 5.82 Å². The van der Waals surface area contributed by atoms with E-state index in [1.165, 1.54) is 0 Å². The van der Waals surface area contributed by atoms with Crippen molar-refractivity contribution in [1.29, 1.82) is 0 Å². The van der Waals surface area contributed by atoms with Crippen LogP contribution in [0.3, 0.4) is 0 Å². The number of amides is 2. The smallest absolute Gasteiger partial charge is 0.254 e. The lowest BCUT2D eigenvalue weighted by atomic mass is 9.94. The van der Waals surface area contributed by atoms with Gasteiger partial charge >= 0.3 is 0 Å². The Morgan fingerprint density at radius 2 is 1.88 bits per heavy atom. The molecule has 252 valence electrons.